The Labute approximate surface area is 119 Å². The van der Waals surface area contributed by atoms with Crippen LogP contribution < -0.4 is 5.73 Å². The van der Waals surface area contributed by atoms with E-state index in [0.29, 0.717) is 18.0 Å². The molecule has 0 aromatic heterocycles. The highest BCUT2D eigenvalue weighted by Crippen LogP contribution is 2.28. The lowest BCUT2D eigenvalue weighted by Gasteiger charge is -2.29. The van der Waals surface area contributed by atoms with Gasteiger partial charge in [0.2, 0.25) is 0 Å². The third kappa shape index (κ3) is 3.81. The van der Waals surface area contributed by atoms with Crippen molar-refractivity contribution in [3.63, 3.8) is 0 Å². The molecule has 1 saturated carbocycles. The van der Waals surface area contributed by atoms with Crippen LogP contribution in [0.15, 0.2) is 30.3 Å². The Bertz CT molecular complexity index is 415. The van der Waals surface area contributed by atoms with Gasteiger partial charge in [-0.25, -0.2) is 4.79 Å². The number of nitrogens with two attached hydrogens (primary N) is 1. The highest BCUT2D eigenvalue weighted by molar-refractivity contribution is 5.76. The molecule has 20 heavy (non-hydrogen) atoms. The average Bonchev–Trinajstić information content (AvgIpc) is 2.53. The van der Waals surface area contributed by atoms with Crippen molar-refractivity contribution in [3.05, 3.63) is 35.9 Å². The van der Waals surface area contributed by atoms with Gasteiger partial charge in [0.05, 0.1) is 0 Å². The summed E-state index contributed by atoms with van der Waals surface area (Å²) in [4.78, 5) is 12.0. The second-order valence-electron chi connectivity index (χ2n) is 5.42. The maximum Gasteiger partial charge on any atom is 0.339 e. The molecule has 1 fully saturated rings. The third-order valence-electron chi connectivity index (χ3n) is 4.01. The first-order chi connectivity index (χ1) is 9.72. The number of aliphatic hydroxyl groups excluding tert-OH is 1. The van der Waals surface area contributed by atoms with Crippen molar-refractivity contribution in [2.24, 2.45) is 11.7 Å². The van der Waals surface area contributed by atoms with E-state index >= 15 is 0 Å². The molecule has 3 N–H and O–H groups in total. The van der Waals surface area contributed by atoms with Gasteiger partial charge in [-0.3, -0.25) is 0 Å². The number of benzene rings is 1. The van der Waals surface area contributed by atoms with Crippen LogP contribution in [0, 0.1) is 5.92 Å². The zero-order valence-corrected chi connectivity index (χ0v) is 11.7. The number of hydrogen-bond donors (Lipinski definition) is 2. The SMILES string of the molecule is NC[C@@H](OC(=O)[C@@H](O)c1ccccc1)C1CCCCC1. The molecule has 4 heteroatoms. The fourth-order valence-electron chi connectivity index (χ4n) is 2.83. The molecule has 4 nitrogen and oxygen atoms in total. The van der Waals surface area contributed by atoms with Crippen molar-refractivity contribution < 1.29 is 14.6 Å². The van der Waals surface area contributed by atoms with E-state index in [4.69, 9.17) is 10.5 Å². The van der Waals surface area contributed by atoms with Gasteiger partial charge in [0.1, 0.15) is 6.10 Å². The van der Waals surface area contributed by atoms with Crippen LogP contribution in [-0.2, 0) is 9.53 Å². The van der Waals surface area contributed by atoms with E-state index in [-0.39, 0.29) is 6.10 Å². The van der Waals surface area contributed by atoms with Gasteiger partial charge in [0, 0.05) is 6.54 Å². The zero-order chi connectivity index (χ0) is 14.4. The number of hydrogen-bond acceptors (Lipinski definition) is 4. The molecule has 1 aliphatic carbocycles. The van der Waals surface area contributed by atoms with Crippen molar-refractivity contribution in [2.75, 3.05) is 6.54 Å². The van der Waals surface area contributed by atoms with E-state index in [1.165, 1.54) is 19.3 Å². The van der Waals surface area contributed by atoms with E-state index in [1.807, 2.05) is 6.07 Å². The van der Waals surface area contributed by atoms with Crippen LogP contribution in [0.3, 0.4) is 0 Å². The van der Waals surface area contributed by atoms with E-state index in [1.54, 1.807) is 24.3 Å². The summed E-state index contributed by atoms with van der Waals surface area (Å²) in [5.41, 5.74) is 6.28. The van der Waals surface area contributed by atoms with Gasteiger partial charge in [-0.1, -0.05) is 49.6 Å². The summed E-state index contributed by atoms with van der Waals surface area (Å²) in [6.07, 6.45) is 4.18. The quantitative estimate of drug-likeness (QED) is 0.809. The zero-order valence-electron chi connectivity index (χ0n) is 11.7. The maximum absolute atomic E-state index is 12.0. The molecular formula is C16H23NO3. The van der Waals surface area contributed by atoms with Crippen molar-refractivity contribution in [1.29, 1.82) is 0 Å². The first kappa shape index (κ1) is 15.0. The summed E-state index contributed by atoms with van der Waals surface area (Å²) < 4.78 is 5.44. The topological polar surface area (TPSA) is 72.5 Å². The summed E-state index contributed by atoms with van der Waals surface area (Å²) in [7, 11) is 0. The smallest absolute Gasteiger partial charge is 0.339 e. The Balaban J connectivity index is 1.94. The van der Waals surface area contributed by atoms with E-state index in [9.17, 15) is 9.90 Å². The monoisotopic (exact) mass is 277 g/mol. The molecule has 0 amide bonds. The van der Waals surface area contributed by atoms with Gasteiger partial charge >= 0.3 is 5.97 Å². The molecule has 0 heterocycles. The number of rotatable bonds is 5. The van der Waals surface area contributed by atoms with Crippen molar-refractivity contribution in [3.8, 4) is 0 Å². The van der Waals surface area contributed by atoms with Crippen LogP contribution in [0.1, 0.15) is 43.8 Å². The Morgan fingerprint density at radius 1 is 1.25 bits per heavy atom. The fraction of sp³-hybridized carbons (Fsp3) is 0.562. The summed E-state index contributed by atoms with van der Waals surface area (Å²) >= 11 is 0. The van der Waals surface area contributed by atoms with E-state index in [0.717, 1.165) is 12.8 Å². The number of esters is 1. The lowest BCUT2D eigenvalue weighted by Crippen LogP contribution is -2.36. The summed E-state index contributed by atoms with van der Waals surface area (Å²) in [5, 5.41) is 10.0. The van der Waals surface area contributed by atoms with Gasteiger partial charge in [-0.2, -0.15) is 0 Å². The van der Waals surface area contributed by atoms with Crippen molar-refractivity contribution >= 4 is 5.97 Å². The number of carbonyl (C=O) groups excluding carboxylic acids is 1. The van der Waals surface area contributed by atoms with Crippen LogP contribution in [0.4, 0.5) is 0 Å². The molecule has 2 rings (SSSR count). The van der Waals surface area contributed by atoms with Gasteiger partial charge in [-0.05, 0) is 24.3 Å². The fourth-order valence-corrected chi connectivity index (χ4v) is 2.83. The van der Waals surface area contributed by atoms with Crippen LogP contribution in [0.2, 0.25) is 0 Å². The second kappa shape index (κ2) is 7.41. The minimum atomic E-state index is -1.23. The molecule has 1 aromatic carbocycles. The molecule has 1 aliphatic rings. The first-order valence-corrected chi connectivity index (χ1v) is 7.36. The highest BCUT2D eigenvalue weighted by Gasteiger charge is 2.28. The largest absolute Gasteiger partial charge is 0.459 e. The van der Waals surface area contributed by atoms with Crippen LogP contribution in [0.5, 0.6) is 0 Å². The summed E-state index contributed by atoms with van der Waals surface area (Å²) in [6.45, 7) is 0.317. The van der Waals surface area contributed by atoms with Gasteiger partial charge in [0.25, 0.3) is 0 Å². The molecule has 1 aromatic rings. The predicted octanol–water partition coefficient (Wildman–Crippen LogP) is 2.17. The maximum atomic E-state index is 12.0. The highest BCUT2D eigenvalue weighted by atomic mass is 16.6. The minimum absolute atomic E-state index is 0.277. The summed E-state index contributed by atoms with van der Waals surface area (Å²) in [6, 6.07) is 8.83. The van der Waals surface area contributed by atoms with E-state index < -0.39 is 12.1 Å². The molecule has 0 bridgehead atoms. The first-order valence-electron chi connectivity index (χ1n) is 7.36. The van der Waals surface area contributed by atoms with Crippen molar-refractivity contribution in [2.45, 2.75) is 44.3 Å². The van der Waals surface area contributed by atoms with Crippen LogP contribution in [0.25, 0.3) is 0 Å². The molecule has 0 saturated heterocycles. The summed E-state index contributed by atoms with van der Waals surface area (Å²) in [5.74, 6) is -0.266. The molecule has 0 spiro atoms. The average molecular weight is 277 g/mol. The molecule has 2 atom stereocenters. The Kier molecular flexibility index (Phi) is 5.56. The molecular weight excluding hydrogens is 254 g/mol. The minimum Gasteiger partial charge on any atom is -0.459 e. The normalized spacial score (nSPS) is 19.3. The standard InChI is InChI=1S/C16H23NO3/c17-11-14(12-7-3-1-4-8-12)20-16(19)15(18)13-9-5-2-6-10-13/h2,5-6,9-10,12,14-15,18H,1,3-4,7-8,11,17H2/t14-,15+/m1/s1. The predicted molar refractivity (Wildman–Crippen MR) is 76.9 cm³/mol. The van der Waals surface area contributed by atoms with E-state index in [2.05, 4.69) is 0 Å². The molecule has 0 aliphatic heterocycles. The van der Waals surface area contributed by atoms with Gasteiger partial charge in [-0.15, -0.1) is 0 Å². The van der Waals surface area contributed by atoms with Crippen LogP contribution in [-0.4, -0.2) is 23.7 Å². The number of carbonyl (C=O) groups is 1. The Hall–Kier alpha value is -1.39. The number of ether oxygens (including phenoxy) is 1. The lowest BCUT2D eigenvalue weighted by molar-refractivity contribution is -0.162. The molecule has 110 valence electrons. The Morgan fingerprint density at radius 3 is 2.50 bits per heavy atom. The lowest BCUT2D eigenvalue weighted by atomic mass is 9.85. The molecule has 0 unspecified atom stereocenters. The van der Waals surface area contributed by atoms with Gasteiger partial charge in [0.15, 0.2) is 6.10 Å². The molecule has 0 radical (unpaired) electrons. The third-order valence-corrected chi connectivity index (χ3v) is 4.01. The van der Waals surface area contributed by atoms with Crippen molar-refractivity contribution in [1.82, 2.24) is 0 Å². The number of aliphatic hydroxyl groups is 1. The van der Waals surface area contributed by atoms with Crippen LogP contribution >= 0.6 is 0 Å². The Morgan fingerprint density at radius 2 is 1.90 bits per heavy atom. The van der Waals surface area contributed by atoms with Gasteiger partial charge < -0.3 is 15.6 Å². The second-order valence-corrected chi connectivity index (χ2v) is 5.42.